The summed E-state index contributed by atoms with van der Waals surface area (Å²) >= 11 is 0. The molecule has 2 heterocycles. The number of carbonyl (C=O) groups is 1. The number of azide groups is 1. The van der Waals surface area contributed by atoms with Gasteiger partial charge in [0.05, 0.1) is 0 Å². The molecule has 0 aromatic carbocycles. The van der Waals surface area contributed by atoms with Gasteiger partial charge in [0.1, 0.15) is 18.5 Å². The molecule has 1 aliphatic rings. The minimum absolute atomic E-state index is 0.128. The number of ether oxygens (including phenoxy) is 1. The van der Waals surface area contributed by atoms with Crippen LogP contribution in [0, 0.1) is 0 Å². The van der Waals surface area contributed by atoms with Crippen molar-refractivity contribution in [2.45, 2.75) is 37.2 Å². The molecule has 1 unspecified atom stereocenters. The van der Waals surface area contributed by atoms with Gasteiger partial charge in [0.15, 0.2) is 18.4 Å². The first kappa shape index (κ1) is 22.6. The van der Waals surface area contributed by atoms with E-state index in [4.69, 9.17) is 21.1 Å². The molecule has 0 amide bonds. The van der Waals surface area contributed by atoms with Gasteiger partial charge in [0, 0.05) is 15.8 Å². The van der Waals surface area contributed by atoms with Crippen LogP contribution in [0.4, 0.5) is 10.2 Å². The lowest BCUT2D eigenvalue weighted by Crippen LogP contribution is -2.42. The summed E-state index contributed by atoms with van der Waals surface area (Å²) in [6, 6.07) is -0.186. The maximum Gasteiger partial charge on any atom is 0.382 e. The SMILES string of the molecule is C[C@H](N=[P+]([O-])OOC[C@@]1(N=[N+]=[N-])O[C@@H](n2ccc(N)nc2=O)[C@H](O)[C@@H]1F)C(=O)O. The number of aliphatic hydroxyl groups is 1. The number of hydrogen-bond donors (Lipinski definition) is 3. The second-order valence-corrected chi connectivity index (χ2v) is 6.54. The zero-order chi connectivity index (χ0) is 21.8. The highest BCUT2D eigenvalue weighted by molar-refractivity contribution is 7.33. The van der Waals surface area contributed by atoms with Crippen LogP contribution in [0.15, 0.2) is 26.9 Å². The van der Waals surface area contributed by atoms with Gasteiger partial charge in [-0.05, 0) is 18.5 Å². The van der Waals surface area contributed by atoms with E-state index in [2.05, 4.69) is 29.3 Å². The highest BCUT2D eigenvalue weighted by Gasteiger charge is 2.57. The Kier molecular flexibility index (Phi) is 7.16. The van der Waals surface area contributed by atoms with Crippen LogP contribution in [0.3, 0.4) is 0 Å². The summed E-state index contributed by atoms with van der Waals surface area (Å²) in [7, 11) is -2.98. The van der Waals surface area contributed by atoms with Gasteiger partial charge in [-0.3, -0.25) is 4.57 Å². The van der Waals surface area contributed by atoms with E-state index in [1.807, 2.05) is 0 Å². The molecule has 158 valence electrons. The molecule has 6 atom stereocenters. The van der Waals surface area contributed by atoms with Gasteiger partial charge in [-0.25, -0.2) is 14.0 Å². The number of carboxylic acid groups (broad SMARTS) is 1. The van der Waals surface area contributed by atoms with Gasteiger partial charge < -0.3 is 25.6 Å². The summed E-state index contributed by atoms with van der Waals surface area (Å²) in [6.07, 6.45) is -4.97. The zero-order valence-corrected chi connectivity index (χ0v) is 15.5. The number of halogens is 1. The van der Waals surface area contributed by atoms with E-state index in [1.54, 1.807) is 0 Å². The highest BCUT2D eigenvalue weighted by atomic mass is 31.1. The number of anilines is 1. The van der Waals surface area contributed by atoms with Crippen LogP contribution in [0.5, 0.6) is 0 Å². The molecule has 0 spiro atoms. The van der Waals surface area contributed by atoms with E-state index in [1.165, 1.54) is 6.07 Å². The third kappa shape index (κ3) is 5.02. The Hall–Kier alpha value is -2.71. The number of aliphatic carboxylic acids is 1. The quantitative estimate of drug-likeness (QED) is 0.116. The third-order valence-corrected chi connectivity index (χ3v) is 4.46. The van der Waals surface area contributed by atoms with Crippen molar-refractivity contribution in [1.82, 2.24) is 9.55 Å². The largest absolute Gasteiger partial charge is 0.581 e. The van der Waals surface area contributed by atoms with E-state index < -0.39 is 56.7 Å². The van der Waals surface area contributed by atoms with Crippen molar-refractivity contribution in [1.29, 1.82) is 0 Å². The zero-order valence-electron chi connectivity index (χ0n) is 14.6. The third-order valence-electron chi connectivity index (χ3n) is 3.69. The molecule has 1 aliphatic heterocycles. The van der Waals surface area contributed by atoms with E-state index in [-0.39, 0.29) is 5.82 Å². The van der Waals surface area contributed by atoms with Crippen molar-refractivity contribution in [2.24, 2.45) is 9.86 Å². The summed E-state index contributed by atoms with van der Waals surface area (Å²) in [5.74, 6) is -1.50. The number of alkyl halides is 1. The summed E-state index contributed by atoms with van der Waals surface area (Å²) < 4.78 is 28.2. The Labute approximate surface area is 161 Å². The summed E-state index contributed by atoms with van der Waals surface area (Å²) in [5, 5.41) is 21.9. The van der Waals surface area contributed by atoms with Crippen molar-refractivity contribution in [3.05, 3.63) is 33.2 Å². The van der Waals surface area contributed by atoms with Crippen LogP contribution in [-0.2, 0) is 19.1 Å². The van der Waals surface area contributed by atoms with Gasteiger partial charge in [-0.15, -0.1) is 0 Å². The minimum atomic E-state index is -2.98. The van der Waals surface area contributed by atoms with Crippen molar-refractivity contribution in [3.8, 4) is 0 Å². The van der Waals surface area contributed by atoms with Gasteiger partial charge in [0.2, 0.25) is 5.72 Å². The van der Waals surface area contributed by atoms with Crippen molar-refractivity contribution in [3.63, 3.8) is 0 Å². The molecule has 1 saturated heterocycles. The van der Waals surface area contributed by atoms with Gasteiger partial charge >= 0.3 is 19.8 Å². The molecule has 0 saturated carbocycles. The molecule has 1 aromatic rings. The normalized spacial score (nSPS) is 28.0. The van der Waals surface area contributed by atoms with Crippen LogP contribution in [0.1, 0.15) is 13.2 Å². The van der Waals surface area contributed by atoms with Gasteiger partial charge in [-0.2, -0.15) is 9.87 Å². The number of rotatable bonds is 8. The predicted molar refractivity (Wildman–Crippen MR) is 89.3 cm³/mol. The molecule has 17 heteroatoms. The Morgan fingerprint density at radius 1 is 1.72 bits per heavy atom. The highest BCUT2D eigenvalue weighted by Crippen LogP contribution is 2.40. The number of nitrogen functional groups attached to an aromatic ring is 1. The molecule has 1 fully saturated rings. The van der Waals surface area contributed by atoms with Gasteiger partial charge in [-0.1, -0.05) is 9.86 Å². The average Bonchev–Trinajstić information content (AvgIpc) is 2.87. The van der Waals surface area contributed by atoms with E-state index in [0.29, 0.717) is 4.57 Å². The molecule has 4 N–H and O–H groups in total. The molecular weight excluding hydrogens is 420 g/mol. The smallest absolute Gasteiger partial charge is 0.382 e. The summed E-state index contributed by atoms with van der Waals surface area (Å²) in [4.78, 5) is 44.4. The first-order valence-corrected chi connectivity index (χ1v) is 8.85. The first-order valence-electron chi connectivity index (χ1n) is 7.72. The van der Waals surface area contributed by atoms with Gasteiger partial charge in [0.25, 0.3) is 0 Å². The molecule has 0 radical (unpaired) electrons. The summed E-state index contributed by atoms with van der Waals surface area (Å²) in [6.45, 7) is 0.110. The monoisotopic (exact) mass is 435 g/mol. The lowest BCUT2D eigenvalue weighted by atomic mass is 10.1. The maximum atomic E-state index is 14.7. The molecule has 1 aromatic heterocycles. The summed E-state index contributed by atoms with van der Waals surface area (Å²) in [5.41, 5.74) is 10.6. The van der Waals surface area contributed by atoms with Crippen LogP contribution in [0.2, 0.25) is 0 Å². The second-order valence-electron chi connectivity index (χ2n) is 5.68. The predicted octanol–water partition coefficient (Wildman–Crippen LogP) is -0.663. The standard InChI is InChI=1S/C12H15FN7O8P/c1-5(10(22)23)17-29(25)28-26-4-12(18-19-15)8(13)7(21)9(27-12)20-3-2-6(14)16-11(20)24/h2-3,5,7-9,21H,4H2,1H3,(H,22,23)(H2,14,16,24)/t5-,7+,8-,9+,12+/m0/s1. The fraction of sp³-hybridized carbons (Fsp3) is 0.583. The minimum Gasteiger partial charge on any atom is -0.581 e. The van der Waals surface area contributed by atoms with E-state index in [9.17, 15) is 24.0 Å². The number of nitrogens with two attached hydrogens (primary N) is 1. The van der Waals surface area contributed by atoms with Crippen LogP contribution in [-0.4, -0.2) is 56.4 Å². The van der Waals surface area contributed by atoms with Crippen LogP contribution < -0.4 is 16.3 Å². The molecular formula is C12H15FN7O8P. The number of carboxylic acids is 1. The number of hydrogen-bond acceptors (Lipinski definition) is 11. The molecule has 15 nitrogen and oxygen atoms in total. The fourth-order valence-corrected chi connectivity index (χ4v) is 2.82. The number of nitrogens with zero attached hydrogens (tertiary/aromatic N) is 6. The average molecular weight is 435 g/mol. The second kappa shape index (κ2) is 9.19. The number of aromatic nitrogens is 2. The van der Waals surface area contributed by atoms with Crippen LogP contribution >= 0.6 is 8.17 Å². The first-order chi connectivity index (χ1) is 13.6. The number of aliphatic hydroxyl groups excluding tert-OH is 1. The topological polar surface area (TPSA) is 230 Å². The maximum absolute atomic E-state index is 14.7. The van der Waals surface area contributed by atoms with Crippen molar-refractivity contribution >= 4 is 20.0 Å². The van der Waals surface area contributed by atoms with Crippen LogP contribution in [0.25, 0.3) is 10.4 Å². The Morgan fingerprint density at radius 3 is 3.00 bits per heavy atom. The molecule has 29 heavy (non-hydrogen) atoms. The molecule has 2 rings (SSSR count). The lowest BCUT2D eigenvalue weighted by Gasteiger charge is -2.23. The Bertz CT molecular complexity index is 908. The van der Waals surface area contributed by atoms with E-state index in [0.717, 1.165) is 13.1 Å². The Balaban J connectivity index is 2.19. The van der Waals surface area contributed by atoms with Crippen molar-refractivity contribution in [2.75, 3.05) is 12.3 Å². The van der Waals surface area contributed by atoms with E-state index >= 15 is 0 Å². The van der Waals surface area contributed by atoms with Crippen molar-refractivity contribution < 1.29 is 38.6 Å². The molecule has 0 aliphatic carbocycles. The fourth-order valence-electron chi connectivity index (χ4n) is 2.26. The Morgan fingerprint density at radius 2 is 2.41 bits per heavy atom. The molecule has 0 bridgehead atoms. The lowest BCUT2D eigenvalue weighted by molar-refractivity contribution is -0.289.